The molecule has 1 fully saturated rings. The van der Waals surface area contributed by atoms with Gasteiger partial charge in [0, 0.05) is 19.5 Å². The van der Waals surface area contributed by atoms with Gasteiger partial charge in [-0.2, -0.15) is 0 Å². The van der Waals surface area contributed by atoms with Crippen LogP contribution >= 0.6 is 0 Å². The highest BCUT2D eigenvalue weighted by atomic mass is 16.3. The van der Waals surface area contributed by atoms with Gasteiger partial charge in [0.15, 0.2) is 0 Å². The lowest BCUT2D eigenvalue weighted by Gasteiger charge is -2.34. The lowest BCUT2D eigenvalue weighted by atomic mass is 9.95. The summed E-state index contributed by atoms with van der Waals surface area (Å²) in [5, 5.41) is 9.88. The van der Waals surface area contributed by atoms with Gasteiger partial charge in [0.05, 0.1) is 17.1 Å². The zero-order valence-corrected chi connectivity index (χ0v) is 13.3. The third-order valence-corrected chi connectivity index (χ3v) is 4.71. The molecule has 1 aromatic carbocycles. The maximum absolute atomic E-state index is 12.2. The Morgan fingerprint density at radius 1 is 1.35 bits per heavy atom. The van der Waals surface area contributed by atoms with E-state index in [0.717, 1.165) is 42.4 Å². The minimum Gasteiger partial charge on any atom is -0.391 e. The van der Waals surface area contributed by atoms with Crippen LogP contribution in [0.5, 0.6) is 0 Å². The first-order valence-electron chi connectivity index (χ1n) is 8.19. The molecule has 1 aromatic heterocycles. The third-order valence-electron chi connectivity index (χ3n) is 4.71. The van der Waals surface area contributed by atoms with Crippen molar-refractivity contribution in [3.05, 3.63) is 34.2 Å². The van der Waals surface area contributed by atoms with Crippen molar-refractivity contribution in [1.29, 1.82) is 0 Å². The van der Waals surface area contributed by atoms with Gasteiger partial charge in [0.1, 0.15) is 0 Å². The van der Waals surface area contributed by atoms with Crippen LogP contribution < -0.4 is 5.69 Å². The first-order valence-corrected chi connectivity index (χ1v) is 8.19. The second-order valence-electron chi connectivity index (χ2n) is 6.49. The summed E-state index contributed by atoms with van der Waals surface area (Å²) < 4.78 is 0. The number of nitrogens with zero attached hydrogens (tertiary/aromatic N) is 1. The van der Waals surface area contributed by atoms with E-state index in [1.165, 1.54) is 0 Å². The Balaban J connectivity index is 1.52. The normalized spacial score (nSPS) is 21.7. The fourth-order valence-corrected chi connectivity index (χ4v) is 3.11. The second kappa shape index (κ2) is 6.58. The molecule has 0 aliphatic carbocycles. The molecule has 6 heteroatoms. The van der Waals surface area contributed by atoms with E-state index >= 15 is 0 Å². The number of aliphatic hydroxyl groups excluding tert-OH is 1. The number of rotatable bonds is 4. The van der Waals surface area contributed by atoms with Gasteiger partial charge in [-0.15, -0.1) is 0 Å². The van der Waals surface area contributed by atoms with E-state index in [0.29, 0.717) is 13.0 Å². The number of amides is 1. The molecule has 3 N–H and O–H groups in total. The monoisotopic (exact) mass is 317 g/mol. The average molecular weight is 317 g/mol. The van der Waals surface area contributed by atoms with Crippen molar-refractivity contribution < 1.29 is 9.90 Å². The van der Waals surface area contributed by atoms with Crippen molar-refractivity contribution >= 4 is 16.9 Å². The van der Waals surface area contributed by atoms with E-state index < -0.39 is 6.10 Å². The Labute approximate surface area is 134 Å². The highest BCUT2D eigenvalue weighted by Crippen LogP contribution is 2.18. The first-order chi connectivity index (χ1) is 11.0. The van der Waals surface area contributed by atoms with Gasteiger partial charge >= 0.3 is 5.69 Å². The fraction of sp³-hybridized carbons (Fsp3) is 0.529. The number of fused-ring (bicyclic) bond motifs is 1. The van der Waals surface area contributed by atoms with Crippen LogP contribution in [0.15, 0.2) is 23.0 Å². The van der Waals surface area contributed by atoms with Crippen LogP contribution in [0.25, 0.3) is 11.0 Å². The first kappa shape index (κ1) is 15.8. The number of carbonyl (C=O) groups is 1. The van der Waals surface area contributed by atoms with E-state index in [4.69, 9.17) is 0 Å². The van der Waals surface area contributed by atoms with Crippen molar-refractivity contribution in [2.75, 3.05) is 13.1 Å². The number of carbonyl (C=O) groups excluding carboxylic acids is 1. The number of piperidine rings is 1. The number of aryl methyl sites for hydroxylation is 1. The summed E-state index contributed by atoms with van der Waals surface area (Å²) in [6.07, 6.45) is 2.51. The van der Waals surface area contributed by atoms with E-state index in [1.54, 1.807) is 4.90 Å². The standard InChI is InChI=1S/C17H23N3O3/c1-11-7-8-20(10-15(11)21)16(22)4-2-3-12-5-6-13-14(9-12)19-17(23)18-13/h5-6,9,11,15,21H,2-4,7-8,10H2,1H3,(H2,18,19,23). The number of nitrogens with one attached hydrogen (secondary N) is 2. The van der Waals surface area contributed by atoms with Crippen molar-refractivity contribution in [3.8, 4) is 0 Å². The number of hydrogen-bond acceptors (Lipinski definition) is 3. The van der Waals surface area contributed by atoms with E-state index in [1.807, 2.05) is 25.1 Å². The Morgan fingerprint density at radius 2 is 2.13 bits per heavy atom. The molecule has 23 heavy (non-hydrogen) atoms. The number of hydrogen-bond donors (Lipinski definition) is 3. The van der Waals surface area contributed by atoms with Gasteiger partial charge in [-0.1, -0.05) is 13.0 Å². The molecule has 2 heterocycles. The molecular weight excluding hydrogens is 294 g/mol. The number of β-amino-alcohol motifs (C(OH)–C–C–N with tert-alkyl or cyclic N) is 1. The molecule has 6 nitrogen and oxygen atoms in total. The lowest BCUT2D eigenvalue weighted by molar-refractivity contribution is -0.135. The van der Waals surface area contributed by atoms with Crippen LogP contribution in [0.3, 0.4) is 0 Å². The molecule has 0 radical (unpaired) electrons. The molecule has 0 saturated carbocycles. The Kier molecular flexibility index (Phi) is 4.52. The van der Waals surface area contributed by atoms with Crippen LogP contribution in [-0.4, -0.2) is 45.1 Å². The van der Waals surface area contributed by atoms with Gasteiger partial charge in [-0.3, -0.25) is 4.79 Å². The van der Waals surface area contributed by atoms with Gasteiger partial charge < -0.3 is 20.0 Å². The molecule has 2 atom stereocenters. The number of imidazole rings is 1. The minimum absolute atomic E-state index is 0.118. The van der Waals surface area contributed by atoms with Gasteiger partial charge in [-0.25, -0.2) is 4.79 Å². The number of aromatic nitrogens is 2. The maximum atomic E-state index is 12.2. The largest absolute Gasteiger partial charge is 0.391 e. The highest BCUT2D eigenvalue weighted by Gasteiger charge is 2.26. The molecule has 124 valence electrons. The summed E-state index contributed by atoms with van der Waals surface area (Å²) in [5.41, 5.74) is 2.50. The van der Waals surface area contributed by atoms with Gasteiger partial charge in [0.25, 0.3) is 0 Å². The maximum Gasteiger partial charge on any atom is 0.323 e. The molecule has 2 unspecified atom stereocenters. The summed E-state index contributed by atoms with van der Waals surface area (Å²) in [4.78, 5) is 30.7. The number of aromatic amines is 2. The molecule has 1 aliphatic rings. The number of aliphatic hydroxyl groups is 1. The van der Waals surface area contributed by atoms with E-state index in [9.17, 15) is 14.7 Å². The molecule has 0 bridgehead atoms. The molecule has 1 saturated heterocycles. The van der Waals surface area contributed by atoms with Crippen molar-refractivity contribution in [2.45, 2.75) is 38.7 Å². The van der Waals surface area contributed by atoms with Crippen molar-refractivity contribution in [1.82, 2.24) is 14.9 Å². The Morgan fingerprint density at radius 3 is 2.91 bits per heavy atom. The number of likely N-dealkylation sites (tertiary alicyclic amines) is 1. The minimum atomic E-state index is -0.402. The van der Waals surface area contributed by atoms with E-state index in [-0.39, 0.29) is 17.5 Å². The van der Waals surface area contributed by atoms with Crippen molar-refractivity contribution in [3.63, 3.8) is 0 Å². The summed E-state index contributed by atoms with van der Waals surface area (Å²) in [5.74, 6) is 0.390. The summed E-state index contributed by atoms with van der Waals surface area (Å²) in [7, 11) is 0. The molecule has 1 amide bonds. The van der Waals surface area contributed by atoms with Crippen LogP contribution in [0.2, 0.25) is 0 Å². The highest BCUT2D eigenvalue weighted by molar-refractivity contribution is 5.76. The van der Waals surface area contributed by atoms with Crippen LogP contribution in [-0.2, 0) is 11.2 Å². The van der Waals surface area contributed by atoms with Crippen LogP contribution in [0.1, 0.15) is 31.7 Å². The van der Waals surface area contributed by atoms with Crippen LogP contribution in [0, 0.1) is 5.92 Å². The second-order valence-corrected chi connectivity index (χ2v) is 6.49. The number of H-pyrrole nitrogens is 2. The molecule has 2 aromatic rings. The molecule has 3 rings (SSSR count). The third kappa shape index (κ3) is 3.64. The zero-order valence-electron chi connectivity index (χ0n) is 13.3. The summed E-state index contributed by atoms with van der Waals surface area (Å²) >= 11 is 0. The zero-order chi connectivity index (χ0) is 16.4. The molecular formula is C17H23N3O3. The summed E-state index contributed by atoms with van der Waals surface area (Å²) in [6, 6.07) is 5.81. The predicted molar refractivity (Wildman–Crippen MR) is 88.2 cm³/mol. The number of benzene rings is 1. The smallest absolute Gasteiger partial charge is 0.323 e. The average Bonchev–Trinajstić information content (AvgIpc) is 2.89. The van der Waals surface area contributed by atoms with Crippen molar-refractivity contribution in [2.24, 2.45) is 5.92 Å². The van der Waals surface area contributed by atoms with Gasteiger partial charge in [-0.05, 0) is 42.9 Å². The molecule has 0 spiro atoms. The Bertz CT molecular complexity index is 749. The molecule has 1 aliphatic heterocycles. The fourth-order valence-electron chi connectivity index (χ4n) is 3.11. The van der Waals surface area contributed by atoms with Gasteiger partial charge in [0.2, 0.25) is 5.91 Å². The van der Waals surface area contributed by atoms with Crippen LogP contribution in [0.4, 0.5) is 0 Å². The lowest BCUT2D eigenvalue weighted by Crippen LogP contribution is -2.45. The topological polar surface area (TPSA) is 89.2 Å². The quantitative estimate of drug-likeness (QED) is 0.796. The predicted octanol–water partition coefficient (Wildman–Crippen LogP) is 1.41. The Hall–Kier alpha value is -2.08. The SMILES string of the molecule is CC1CCN(C(=O)CCCc2ccc3[nH]c(=O)[nH]c3c2)CC1O. The summed E-state index contributed by atoms with van der Waals surface area (Å²) in [6.45, 7) is 3.22. The van der Waals surface area contributed by atoms with E-state index in [2.05, 4.69) is 9.97 Å².